The van der Waals surface area contributed by atoms with Crippen LogP contribution in [-0.2, 0) is 6.42 Å². The van der Waals surface area contributed by atoms with Gasteiger partial charge < -0.3 is 10.2 Å². The maximum atomic E-state index is 12.5. The average molecular weight is 246 g/mol. The molecule has 0 saturated carbocycles. The van der Waals surface area contributed by atoms with E-state index in [9.17, 15) is 4.79 Å². The molecule has 2 rings (SSSR count). The van der Waals surface area contributed by atoms with Crippen molar-refractivity contribution in [2.45, 2.75) is 32.2 Å². The van der Waals surface area contributed by atoms with E-state index in [0.717, 1.165) is 43.5 Å². The molecule has 1 fully saturated rings. The Morgan fingerprint density at radius 3 is 2.61 bits per heavy atom. The second kappa shape index (κ2) is 6.01. The van der Waals surface area contributed by atoms with E-state index in [2.05, 4.69) is 12.2 Å². The third kappa shape index (κ3) is 2.72. The van der Waals surface area contributed by atoms with Crippen LogP contribution in [0.5, 0.6) is 0 Å². The Kier molecular flexibility index (Phi) is 4.37. The molecule has 3 heteroatoms. The van der Waals surface area contributed by atoms with Crippen molar-refractivity contribution in [2.24, 2.45) is 0 Å². The number of carbonyl (C=O) groups excluding carboxylic acids is 1. The number of piperidine rings is 1. The number of carbonyl (C=O) groups is 1. The number of hydrogen-bond acceptors (Lipinski definition) is 2. The van der Waals surface area contributed by atoms with Gasteiger partial charge in [-0.2, -0.15) is 0 Å². The van der Waals surface area contributed by atoms with E-state index in [1.54, 1.807) is 0 Å². The third-order valence-electron chi connectivity index (χ3n) is 3.82. The molecular weight excluding hydrogens is 224 g/mol. The first-order chi connectivity index (χ1) is 8.76. The minimum Gasteiger partial charge on any atom is -0.339 e. The fourth-order valence-electron chi connectivity index (χ4n) is 2.58. The molecule has 1 aromatic rings. The molecule has 1 amide bonds. The normalized spacial score (nSPS) is 16.9. The number of rotatable bonds is 3. The summed E-state index contributed by atoms with van der Waals surface area (Å²) in [4.78, 5) is 14.5. The van der Waals surface area contributed by atoms with E-state index in [-0.39, 0.29) is 5.91 Å². The molecule has 1 aliphatic rings. The Morgan fingerprint density at radius 1 is 1.33 bits per heavy atom. The van der Waals surface area contributed by atoms with E-state index in [0.29, 0.717) is 6.04 Å². The van der Waals surface area contributed by atoms with Gasteiger partial charge in [0.2, 0.25) is 0 Å². The highest BCUT2D eigenvalue weighted by molar-refractivity contribution is 5.95. The van der Waals surface area contributed by atoms with Crippen molar-refractivity contribution in [1.82, 2.24) is 10.2 Å². The van der Waals surface area contributed by atoms with Crippen molar-refractivity contribution in [2.75, 3.05) is 20.1 Å². The standard InChI is InChI=1S/C15H22N2O/c1-3-12-6-4-5-7-14(12)15(18)17-10-8-13(16-2)9-11-17/h4-7,13,16H,3,8-11H2,1-2H3. The van der Waals surface area contributed by atoms with Gasteiger partial charge in [-0.25, -0.2) is 0 Å². The van der Waals surface area contributed by atoms with Gasteiger partial charge in [0.25, 0.3) is 5.91 Å². The van der Waals surface area contributed by atoms with Gasteiger partial charge in [0.15, 0.2) is 0 Å². The molecule has 1 saturated heterocycles. The molecular formula is C15H22N2O. The Bertz CT molecular complexity index is 409. The number of benzene rings is 1. The quantitative estimate of drug-likeness (QED) is 0.885. The largest absolute Gasteiger partial charge is 0.339 e. The zero-order chi connectivity index (χ0) is 13.0. The Labute approximate surface area is 109 Å². The summed E-state index contributed by atoms with van der Waals surface area (Å²) in [7, 11) is 1.99. The highest BCUT2D eigenvalue weighted by atomic mass is 16.2. The van der Waals surface area contributed by atoms with Crippen molar-refractivity contribution in [3.63, 3.8) is 0 Å². The summed E-state index contributed by atoms with van der Waals surface area (Å²) in [6, 6.07) is 8.52. The van der Waals surface area contributed by atoms with Gasteiger partial charge in [0.05, 0.1) is 0 Å². The molecule has 0 aromatic heterocycles. The van der Waals surface area contributed by atoms with Gasteiger partial charge in [-0.3, -0.25) is 4.79 Å². The summed E-state index contributed by atoms with van der Waals surface area (Å²) in [6.07, 6.45) is 3.02. The lowest BCUT2D eigenvalue weighted by Gasteiger charge is -2.32. The first kappa shape index (κ1) is 13.1. The number of hydrogen-bond donors (Lipinski definition) is 1. The van der Waals surface area contributed by atoms with Crippen LogP contribution in [0.15, 0.2) is 24.3 Å². The van der Waals surface area contributed by atoms with Gasteiger partial charge in [-0.1, -0.05) is 25.1 Å². The van der Waals surface area contributed by atoms with Crippen LogP contribution in [-0.4, -0.2) is 37.0 Å². The Morgan fingerprint density at radius 2 is 2.00 bits per heavy atom. The fraction of sp³-hybridized carbons (Fsp3) is 0.533. The summed E-state index contributed by atoms with van der Waals surface area (Å²) >= 11 is 0. The average Bonchev–Trinajstić information content (AvgIpc) is 2.46. The summed E-state index contributed by atoms with van der Waals surface area (Å²) in [5, 5.41) is 3.29. The lowest BCUT2D eigenvalue weighted by molar-refractivity contribution is 0.0706. The molecule has 0 spiro atoms. The minimum atomic E-state index is 0.196. The van der Waals surface area contributed by atoms with E-state index in [4.69, 9.17) is 0 Å². The molecule has 98 valence electrons. The number of nitrogens with zero attached hydrogens (tertiary/aromatic N) is 1. The molecule has 0 atom stereocenters. The number of likely N-dealkylation sites (tertiary alicyclic amines) is 1. The SMILES string of the molecule is CCc1ccccc1C(=O)N1CCC(NC)CC1. The van der Waals surface area contributed by atoms with Crippen LogP contribution in [0, 0.1) is 0 Å². The van der Waals surface area contributed by atoms with Crippen molar-refractivity contribution in [3.8, 4) is 0 Å². The summed E-state index contributed by atoms with van der Waals surface area (Å²) in [6.45, 7) is 3.82. The molecule has 3 nitrogen and oxygen atoms in total. The zero-order valence-electron chi connectivity index (χ0n) is 11.3. The van der Waals surface area contributed by atoms with Gasteiger partial charge in [-0.15, -0.1) is 0 Å². The lowest BCUT2D eigenvalue weighted by Crippen LogP contribution is -2.44. The molecule has 0 radical (unpaired) electrons. The molecule has 0 aliphatic carbocycles. The highest BCUT2D eigenvalue weighted by Gasteiger charge is 2.23. The van der Waals surface area contributed by atoms with Crippen LogP contribution >= 0.6 is 0 Å². The first-order valence-corrected chi connectivity index (χ1v) is 6.80. The number of nitrogens with one attached hydrogen (secondary N) is 1. The van der Waals surface area contributed by atoms with Crippen molar-refractivity contribution < 1.29 is 4.79 Å². The van der Waals surface area contributed by atoms with Crippen molar-refractivity contribution >= 4 is 5.91 Å². The van der Waals surface area contributed by atoms with Gasteiger partial charge in [0.1, 0.15) is 0 Å². The summed E-state index contributed by atoms with van der Waals surface area (Å²) in [5.74, 6) is 0.196. The molecule has 1 aromatic carbocycles. The molecule has 0 unspecified atom stereocenters. The molecule has 1 aliphatic heterocycles. The number of amides is 1. The van der Waals surface area contributed by atoms with Crippen molar-refractivity contribution in [1.29, 1.82) is 0 Å². The predicted molar refractivity (Wildman–Crippen MR) is 73.8 cm³/mol. The van der Waals surface area contributed by atoms with Crippen LogP contribution in [0.25, 0.3) is 0 Å². The Balaban J connectivity index is 2.08. The smallest absolute Gasteiger partial charge is 0.254 e. The second-order valence-corrected chi connectivity index (χ2v) is 4.87. The zero-order valence-corrected chi connectivity index (χ0v) is 11.3. The molecule has 18 heavy (non-hydrogen) atoms. The van der Waals surface area contributed by atoms with Crippen LogP contribution in [0.4, 0.5) is 0 Å². The van der Waals surface area contributed by atoms with Crippen LogP contribution < -0.4 is 5.32 Å². The monoisotopic (exact) mass is 246 g/mol. The molecule has 0 bridgehead atoms. The highest BCUT2D eigenvalue weighted by Crippen LogP contribution is 2.16. The molecule has 1 heterocycles. The molecule has 1 N–H and O–H groups in total. The van der Waals surface area contributed by atoms with Crippen molar-refractivity contribution in [3.05, 3.63) is 35.4 Å². The van der Waals surface area contributed by atoms with Gasteiger partial charge >= 0.3 is 0 Å². The predicted octanol–water partition coefficient (Wildman–Crippen LogP) is 2.07. The summed E-state index contributed by atoms with van der Waals surface area (Å²) in [5.41, 5.74) is 2.03. The van der Waals surface area contributed by atoms with E-state index in [1.807, 2.05) is 36.2 Å². The maximum absolute atomic E-state index is 12.5. The third-order valence-corrected chi connectivity index (χ3v) is 3.82. The van der Waals surface area contributed by atoms with E-state index in [1.165, 1.54) is 0 Å². The fourth-order valence-corrected chi connectivity index (χ4v) is 2.58. The van der Waals surface area contributed by atoms with Crippen LogP contribution in [0.3, 0.4) is 0 Å². The second-order valence-electron chi connectivity index (χ2n) is 4.87. The van der Waals surface area contributed by atoms with Crippen LogP contribution in [0.2, 0.25) is 0 Å². The van der Waals surface area contributed by atoms with E-state index < -0.39 is 0 Å². The Hall–Kier alpha value is -1.35. The van der Waals surface area contributed by atoms with Crippen LogP contribution in [0.1, 0.15) is 35.7 Å². The van der Waals surface area contributed by atoms with Gasteiger partial charge in [-0.05, 0) is 37.9 Å². The number of aryl methyl sites for hydroxylation is 1. The maximum Gasteiger partial charge on any atom is 0.254 e. The topological polar surface area (TPSA) is 32.3 Å². The lowest BCUT2D eigenvalue weighted by atomic mass is 10.0. The summed E-state index contributed by atoms with van der Waals surface area (Å²) < 4.78 is 0. The van der Waals surface area contributed by atoms with E-state index >= 15 is 0 Å². The first-order valence-electron chi connectivity index (χ1n) is 6.80. The minimum absolute atomic E-state index is 0.196. The van der Waals surface area contributed by atoms with Gasteiger partial charge in [0, 0.05) is 24.7 Å².